The Morgan fingerprint density at radius 2 is 2.36 bits per heavy atom. The van der Waals surface area contributed by atoms with E-state index in [0.29, 0.717) is 6.42 Å². The van der Waals surface area contributed by atoms with Gasteiger partial charge in [-0.2, -0.15) is 0 Å². The molecule has 11 heavy (non-hydrogen) atoms. The van der Waals surface area contributed by atoms with Crippen LogP contribution in [0.1, 0.15) is 26.2 Å². The minimum atomic E-state index is -0.865. The Morgan fingerprint density at radius 3 is 2.73 bits per heavy atom. The standard InChI is InChI=1S/C6H13NO4/c1-2-3-4-6(5-8)11-7(9)10/h6,8H,2-5H2,1H3. The Kier molecular flexibility index (Phi) is 5.46. The van der Waals surface area contributed by atoms with E-state index in [2.05, 4.69) is 4.84 Å². The van der Waals surface area contributed by atoms with Crippen LogP contribution in [-0.2, 0) is 4.84 Å². The fourth-order valence-electron chi connectivity index (χ4n) is 0.731. The van der Waals surface area contributed by atoms with Crippen molar-refractivity contribution in [2.45, 2.75) is 32.3 Å². The van der Waals surface area contributed by atoms with E-state index >= 15 is 0 Å². The van der Waals surface area contributed by atoms with Gasteiger partial charge in [-0.05, 0) is 6.42 Å². The molecule has 0 saturated carbocycles. The molecule has 0 spiro atoms. The summed E-state index contributed by atoms with van der Waals surface area (Å²) in [6, 6.07) is 0. The van der Waals surface area contributed by atoms with Crippen molar-refractivity contribution in [1.29, 1.82) is 0 Å². The Bertz CT molecular complexity index is 117. The van der Waals surface area contributed by atoms with Gasteiger partial charge in [0.05, 0.1) is 6.61 Å². The number of aliphatic hydroxyl groups excluding tert-OH is 1. The third-order valence-corrected chi connectivity index (χ3v) is 1.32. The van der Waals surface area contributed by atoms with Crippen molar-refractivity contribution in [1.82, 2.24) is 0 Å². The molecule has 1 unspecified atom stereocenters. The smallest absolute Gasteiger partial charge is 0.294 e. The molecule has 5 heteroatoms. The summed E-state index contributed by atoms with van der Waals surface area (Å²) in [6.07, 6.45) is 1.66. The second-order valence-corrected chi connectivity index (χ2v) is 2.28. The van der Waals surface area contributed by atoms with E-state index < -0.39 is 11.2 Å². The van der Waals surface area contributed by atoms with Gasteiger partial charge in [-0.3, -0.25) is 0 Å². The van der Waals surface area contributed by atoms with Crippen molar-refractivity contribution < 1.29 is 15.0 Å². The van der Waals surface area contributed by atoms with Crippen LogP contribution in [0.25, 0.3) is 0 Å². The molecular weight excluding hydrogens is 150 g/mol. The lowest BCUT2D eigenvalue weighted by Gasteiger charge is -2.09. The predicted octanol–water partition coefficient (Wildman–Crippen LogP) is 0.746. The number of hydrogen-bond acceptors (Lipinski definition) is 4. The fourth-order valence-corrected chi connectivity index (χ4v) is 0.731. The van der Waals surface area contributed by atoms with Crippen molar-refractivity contribution in [3.8, 4) is 0 Å². The first-order valence-corrected chi connectivity index (χ1v) is 3.62. The molecule has 5 nitrogen and oxygen atoms in total. The quantitative estimate of drug-likeness (QED) is 0.463. The first kappa shape index (κ1) is 10.2. The summed E-state index contributed by atoms with van der Waals surface area (Å²) in [7, 11) is 0. The summed E-state index contributed by atoms with van der Waals surface area (Å²) in [4.78, 5) is 14.0. The lowest BCUT2D eigenvalue weighted by Crippen LogP contribution is -2.20. The molecule has 0 fully saturated rings. The number of hydrogen-bond donors (Lipinski definition) is 1. The molecule has 0 aliphatic heterocycles. The predicted molar refractivity (Wildman–Crippen MR) is 38.5 cm³/mol. The van der Waals surface area contributed by atoms with Gasteiger partial charge in [-0.1, -0.05) is 19.8 Å². The molecule has 0 bridgehead atoms. The van der Waals surface area contributed by atoms with Crippen LogP contribution >= 0.6 is 0 Å². The third kappa shape index (κ3) is 5.60. The summed E-state index contributed by atoms with van der Waals surface area (Å²) >= 11 is 0. The molecule has 66 valence electrons. The zero-order chi connectivity index (χ0) is 8.69. The van der Waals surface area contributed by atoms with E-state index in [0.717, 1.165) is 12.8 Å². The van der Waals surface area contributed by atoms with Crippen LogP contribution < -0.4 is 0 Å². The maximum Gasteiger partial charge on any atom is 0.294 e. The maximum atomic E-state index is 9.80. The topological polar surface area (TPSA) is 72.6 Å². The molecular formula is C6H13NO4. The van der Waals surface area contributed by atoms with Crippen LogP contribution in [0.2, 0.25) is 0 Å². The highest BCUT2D eigenvalue weighted by molar-refractivity contribution is 4.52. The molecule has 0 aliphatic rings. The lowest BCUT2D eigenvalue weighted by atomic mass is 10.2. The van der Waals surface area contributed by atoms with Gasteiger partial charge in [0.2, 0.25) is 0 Å². The van der Waals surface area contributed by atoms with Crippen LogP contribution in [0.5, 0.6) is 0 Å². The zero-order valence-electron chi connectivity index (χ0n) is 6.52. The number of unbranched alkanes of at least 4 members (excludes halogenated alkanes) is 1. The second-order valence-electron chi connectivity index (χ2n) is 2.28. The summed E-state index contributed by atoms with van der Waals surface area (Å²) < 4.78 is 0. The molecule has 0 heterocycles. The Morgan fingerprint density at radius 1 is 1.73 bits per heavy atom. The maximum absolute atomic E-state index is 9.80. The highest BCUT2D eigenvalue weighted by atomic mass is 17.0. The normalized spacial score (nSPS) is 12.5. The van der Waals surface area contributed by atoms with Crippen molar-refractivity contribution >= 4 is 0 Å². The minimum absolute atomic E-state index is 0.291. The SMILES string of the molecule is CCCCC(CO)O[N+](=O)[O-]. The molecule has 0 rings (SSSR count). The highest BCUT2D eigenvalue weighted by Gasteiger charge is 2.10. The first-order chi connectivity index (χ1) is 5.20. The molecule has 0 aromatic rings. The van der Waals surface area contributed by atoms with E-state index in [1.165, 1.54) is 0 Å². The van der Waals surface area contributed by atoms with Crippen LogP contribution in [-0.4, -0.2) is 22.9 Å². The van der Waals surface area contributed by atoms with Crippen molar-refractivity contribution in [2.24, 2.45) is 0 Å². The Balaban J connectivity index is 3.49. The summed E-state index contributed by atoms with van der Waals surface area (Å²) in [6.45, 7) is 1.68. The summed E-state index contributed by atoms with van der Waals surface area (Å²) in [5.41, 5.74) is 0. The number of nitrogens with zero attached hydrogens (tertiary/aromatic N) is 1. The van der Waals surface area contributed by atoms with Gasteiger partial charge in [-0.15, -0.1) is 10.1 Å². The number of aliphatic hydroxyl groups is 1. The summed E-state index contributed by atoms with van der Waals surface area (Å²) in [5.74, 6) is 0. The van der Waals surface area contributed by atoms with Gasteiger partial charge < -0.3 is 9.94 Å². The second kappa shape index (κ2) is 5.91. The summed E-state index contributed by atoms with van der Waals surface area (Å²) in [5, 5.41) is 17.5. The Hall–Kier alpha value is -0.840. The molecule has 0 aromatic heterocycles. The zero-order valence-corrected chi connectivity index (χ0v) is 6.52. The van der Waals surface area contributed by atoms with Crippen molar-refractivity contribution in [3.63, 3.8) is 0 Å². The molecule has 0 radical (unpaired) electrons. The first-order valence-electron chi connectivity index (χ1n) is 3.62. The van der Waals surface area contributed by atoms with Crippen molar-refractivity contribution in [2.75, 3.05) is 6.61 Å². The average Bonchev–Trinajstić information content (AvgIpc) is 1.97. The van der Waals surface area contributed by atoms with Gasteiger partial charge in [0.25, 0.3) is 5.09 Å². The van der Waals surface area contributed by atoms with Crippen LogP contribution in [0, 0.1) is 10.1 Å². The van der Waals surface area contributed by atoms with Crippen molar-refractivity contribution in [3.05, 3.63) is 10.1 Å². The van der Waals surface area contributed by atoms with E-state index in [-0.39, 0.29) is 6.61 Å². The number of rotatable bonds is 6. The van der Waals surface area contributed by atoms with Crippen LogP contribution in [0.3, 0.4) is 0 Å². The largest absolute Gasteiger partial charge is 0.394 e. The molecule has 1 N–H and O–H groups in total. The highest BCUT2D eigenvalue weighted by Crippen LogP contribution is 2.03. The fraction of sp³-hybridized carbons (Fsp3) is 1.00. The Labute approximate surface area is 65.1 Å². The monoisotopic (exact) mass is 163 g/mol. The van der Waals surface area contributed by atoms with E-state index in [4.69, 9.17) is 5.11 Å². The average molecular weight is 163 g/mol. The van der Waals surface area contributed by atoms with Gasteiger partial charge in [0.1, 0.15) is 6.10 Å². The van der Waals surface area contributed by atoms with Crippen LogP contribution in [0.4, 0.5) is 0 Å². The van der Waals surface area contributed by atoms with Crippen LogP contribution in [0.15, 0.2) is 0 Å². The van der Waals surface area contributed by atoms with E-state index in [9.17, 15) is 10.1 Å². The third-order valence-electron chi connectivity index (χ3n) is 1.32. The molecule has 0 saturated heterocycles. The molecule has 1 atom stereocenters. The van der Waals surface area contributed by atoms with E-state index in [1.54, 1.807) is 0 Å². The van der Waals surface area contributed by atoms with E-state index in [1.807, 2.05) is 6.92 Å². The lowest BCUT2D eigenvalue weighted by molar-refractivity contribution is -0.769. The molecule has 0 aliphatic carbocycles. The minimum Gasteiger partial charge on any atom is -0.394 e. The van der Waals surface area contributed by atoms with Gasteiger partial charge >= 0.3 is 0 Å². The van der Waals surface area contributed by atoms with Gasteiger partial charge in [-0.25, -0.2) is 0 Å². The van der Waals surface area contributed by atoms with Gasteiger partial charge in [0.15, 0.2) is 0 Å². The van der Waals surface area contributed by atoms with Gasteiger partial charge in [0, 0.05) is 0 Å². The molecule has 0 aromatic carbocycles. The molecule has 0 amide bonds.